The topological polar surface area (TPSA) is 81.9 Å². The van der Waals surface area contributed by atoms with Crippen molar-refractivity contribution in [2.24, 2.45) is 0 Å². The van der Waals surface area contributed by atoms with Crippen molar-refractivity contribution in [2.45, 2.75) is 6.54 Å². The molecule has 8 heteroatoms. The van der Waals surface area contributed by atoms with Gasteiger partial charge in [-0.05, 0) is 30.3 Å². The summed E-state index contributed by atoms with van der Waals surface area (Å²) in [5.41, 5.74) is 2.15. The van der Waals surface area contributed by atoms with Gasteiger partial charge in [0.05, 0.1) is 5.57 Å². The van der Waals surface area contributed by atoms with E-state index in [1.807, 2.05) is 12.1 Å². The van der Waals surface area contributed by atoms with Crippen LogP contribution in [0.5, 0.6) is 5.75 Å². The van der Waals surface area contributed by atoms with Crippen molar-refractivity contribution < 1.29 is 9.53 Å². The summed E-state index contributed by atoms with van der Waals surface area (Å²) in [5.74, 6) is 1.13. The minimum atomic E-state index is -0.205. The second-order valence-corrected chi connectivity index (χ2v) is 6.09. The number of benzene rings is 1. The summed E-state index contributed by atoms with van der Waals surface area (Å²) in [6, 6.07) is 9.01. The highest BCUT2D eigenvalue weighted by atomic mass is 35.5. The molecule has 0 aliphatic carbocycles. The van der Waals surface area contributed by atoms with Gasteiger partial charge in [0.15, 0.2) is 5.82 Å². The number of hydrogen-bond acceptors (Lipinski definition) is 5. The molecular weight excluding hydrogens is 354 g/mol. The molecular formula is C18H14ClN5O2. The van der Waals surface area contributed by atoms with E-state index >= 15 is 0 Å². The van der Waals surface area contributed by atoms with Gasteiger partial charge in [-0.3, -0.25) is 4.79 Å². The van der Waals surface area contributed by atoms with E-state index in [2.05, 4.69) is 20.4 Å². The largest absolute Gasteiger partial charge is 0.488 e. The van der Waals surface area contributed by atoms with Gasteiger partial charge in [0.1, 0.15) is 25.0 Å². The molecule has 0 saturated heterocycles. The van der Waals surface area contributed by atoms with E-state index in [1.54, 1.807) is 41.5 Å². The summed E-state index contributed by atoms with van der Waals surface area (Å²) in [5, 5.41) is 7.57. The number of ether oxygens (including phenoxy) is 1. The first-order valence-electron chi connectivity index (χ1n) is 7.91. The molecule has 1 aliphatic heterocycles. The number of halogens is 1. The van der Waals surface area contributed by atoms with Gasteiger partial charge in [-0.2, -0.15) is 5.10 Å². The third-order valence-corrected chi connectivity index (χ3v) is 4.15. The van der Waals surface area contributed by atoms with Crippen LogP contribution in [0, 0.1) is 0 Å². The van der Waals surface area contributed by atoms with Crippen LogP contribution >= 0.6 is 11.6 Å². The molecule has 130 valence electrons. The monoisotopic (exact) mass is 367 g/mol. The Kier molecular flexibility index (Phi) is 4.37. The van der Waals surface area contributed by atoms with Crippen molar-refractivity contribution in [3.63, 3.8) is 0 Å². The highest BCUT2D eigenvalue weighted by Crippen LogP contribution is 2.29. The highest BCUT2D eigenvalue weighted by molar-refractivity contribution is 6.30. The van der Waals surface area contributed by atoms with E-state index in [-0.39, 0.29) is 12.5 Å². The van der Waals surface area contributed by atoms with Crippen molar-refractivity contribution in [3.05, 3.63) is 70.9 Å². The summed E-state index contributed by atoms with van der Waals surface area (Å²) in [7, 11) is 0. The molecule has 1 aliphatic rings. The summed E-state index contributed by atoms with van der Waals surface area (Å²) < 4.78 is 7.18. The number of fused-ring (bicyclic) bond motifs is 1. The molecule has 0 spiro atoms. The van der Waals surface area contributed by atoms with Crippen molar-refractivity contribution >= 4 is 23.6 Å². The zero-order valence-electron chi connectivity index (χ0n) is 13.6. The Morgan fingerprint density at radius 1 is 1.35 bits per heavy atom. The molecule has 0 fully saturated rings. The van der Waals surface area contributed by atoms with Crippen LogP contribution < -0.4 is 10.1 Å². The maximum atomic E-state index is 12.5. The van der Waals surface area contributed by atoms with Gasteiger partial charge < -0.3 is 10.1 Å². The highest BCUT2D eigenvalue weighted by Gasteiger charge is 2.18. The number of nitrogens with one attached hydrogen (secondary N) is 1. The molecule has 4 rings (SSSR count). The first-order valence-corrected chi connectivity index (χ1v) is 8.28. The van der Waals surface area contributed by atoms with E-state index in [0.717, 1.165) is 11.1 Å². The second-order valence-electron chi connectivity index (χ2n) is 5.65. The fourth-order valence-corrected chi connectivity index (χ4v) is 2.84. The first-order chi connectivity index (χ1) is 12.7. The van der Waals surface area contributed by atoms with Crippen LogP contribution in [-0.4, -0.2) is 32.3 Å². The molecule has 2 aromatic heterocycles. The number of pyridine rings is 1. The number of carbonyl (C=O) groups excluding carboxylic acids is 1. The van der Waals surface area contributed by atoms with Crippen molar-refractivity contribution in [2.75, 3.05) is 6.61 Å². The average molecular weight is 368 g/mol. The molecule has 26 heavy (non-hydrogen) atoms. The molecule has 1 amide bonds. The Morgan fingerprint density at radius 3 is 3.12 bits per heavy atom. The lowest BCUT2D eigenvalue weighted by molar-refractivity contribution is -0.117. The van der Waals surface area contributed by atoms with Gasteiger partial charge in [-0.25, -0.2) is 14.6 Å². The van der Waals surface area contributed by atoms with Gasteiger partial charge >= 0.3 is 0 Å². The molecule has 0 bridgehead atoms. The van der Waals surface area contributed by atoms with Crippen molar-refractivity contribution in [1.29, 1.82) is 0 Å². The third-order valence-electron chi connectivity index (χ3n) is 3.92. The van der Waals surface area contributed by atoms with Crippen molar-refractivity contribution in [1.82, 2.24) is 25.1 Å². The third kappa shape index (κ3) is 3.29. The quantitative estimate of drug-likeness (QED) is 0.765. The van der Waals surface area contributed by atoms with E-state index in [9.17, 15) is 4.79 Å². The van der Waals surface area contributed by atoms with Gasteiger partial charge in [-0.15, -0.1) is 0 Å². The zero-order valence-corrected chi connectivity index (χ0v) is 14.3. The molecule has 1 aromatic carbocycles. The van der Waals surface area contributed by atoms with E-state index < -0.39 is 0 Å². The van der Waals surface area contributed by atoms with Crippen LogP contribution in [0.4, 0.5) is 0 Å². The number of nitrogens with zero attached hydrogens (tertiary/aromatic N) is 4. The van der Waals surface area contributed by atoms with E-state index in [1.165, 1.54) is 6.33 Å². The van der Waals surface area contributed by atoms with Crippen LogP contribution in [0.25, 0.3) is 11.9 Å². The fraction of sp³-hybridized carbons (Fsp3) is 0.111. The van der Waals surface area contributed by atoms with Crippen LogP contribution in [0.15, 0.2) is 54.8 Å². The van der Waals surface area contributed by atoms with Crippen LogP contribution in [0.3, 0.4) is 0 Å². The number of carbonyl (C=O) groups is 1. The van der Waals surface area contributed by atoms with Gasteiger partial charge in [0, 0.05) is 28.9 Å². The predicted molar refractivity (Wildman–Crippen MR) is 95.9 cm³/mol. The minimum absolute atomic E-state index is 0.205. The average Bonchev–Trinajstić information content (AvgIpc) is 3.20. The molecule has 0 unspecified atom stereocenters. The van der Waals surface area contributed by atoms with Gasteiger partial charge in [0.2, 0.25) is 0 Å². The van der Waals surface area contributed by atoms with E-state index in [0.29, 0.717) is 28.7 Å². The summed E-state index contributed by atoms with van der Waals surface area (Å²) in [6.45, 7) is 0.519. The SMILES string of the molecule is O=C(NCc1cccnc1-n1cncn1)C1=Cc2cc(Cl)ccc2OC1. The Labute approximate surface area is 154 Å². The summed E-state index contributed by atoms with van der Waals surface area (Å²) in [4.78, 5) is 20.7. The Morgan fingerprint density at radius 2 is 2.27 bits per heavy atom. The first kappa shape index (κ1) is 16.3. The lowest BCUT2D eigenvalue weighted by Gasteiger charge is -2.18. The Hall–Kier alpha value is -3.19. The molecule has 0 saturated carbocycles. The lowest BCUT2D eigenvalue weighted by atomic mass is 10.1. The van der Waals surface area contributed by atoms with Crippen LogP contribution in [-0.2, 0) is 11.3 Å². The summed E-state index contributed by atoms with van der Waals surface area (Å²) >= 11 is 6.01. The molecule has 7 nitrogen and oxygen atoms in total. The number of amides is 1. The minimum Gasteiger partial charge on any atom is -0.488 e. The molecule has 1 N–H and O–H groups in total. The molecule has 3 heterocycles. The number of hydrogen-bond donors (Lipinski definition) is 1. The predicted octanol–water partition coefficient (Wildman–Crippen LogP) is 2.41. The lowest BCUT2D eigenvalue weighted by Crippen LogP contribution is -2.28. The van der Waals surface area contributed by atoms with Crippen LogP contribution in [0.1, 0.15) is 11.1 Å². The number of rotatable bonds is 4. The number of aromatic nitrogens is 4. The Balaban J connectivity index is 1.50. The van der Waals surface area contributed by atoms with Gasteiger partial charge in [-0.1, -0.05) is 17.7 Å². The van der Waals surface area contributed by atoms with Crippen molar-refractivity contribution in [3.8, 4) is 11.6 Å². The standard InChI is InChI=1S/C18H14ClN5O2/c19-15-3-4-16-13(7-15)6-14(9-26-16)18(25)22-8-12-2-1-5-21-17(12)24-11-20-10-23-24/h1-7,10-11H,8-9H2,(H,22,25). The molecule has 0 radical (unpaired) electrons. The fourth-order valence-electron chi connectivity index (χ4n) is 2.66. The molecule has 0 atom stereocenters. The van der Waals surface area contributed by atoms with Gasteiger partial charge in [0.25, 0.3) is 5.91 Å². The maximum Gasteiger partial charge on any atom is 0.250 e. The second kappa shape index (κ2) is 6.97. The van der Waals surface area contributed by atoms with E-state index in [4.69, 9.17) is 16.3 Å². The van der Waals surface area contributed by atoms with Crippen LogP contribution in [0.2, 0.25) is 5.02 Å². The summed E-state index contributed by atoms with van der Waals surface area (Å²) in [6.07, 6.45) is 6.46. The molecule has 3 aromatic rings. The zero-order chi connectivity index (χ0) is 17.9. The smallest absolute Gasteiger partial charge is 0.250 e. The Bertz CT molecular complexity index is 985. The maximum absolute atomic E-state index is 12.5. The normalized spacial score (nSPS) is 12.7.